The van der Waals surface area contributed by atoms with E-state index in [2.05, 4.69) is 17.2 Å². The van der Waals surface area contributed by atoms with Crippen molar-refractivity contribution in [3.8, 4) is 0 Å². The summed E-state index contributed by atoms with van der Waals surface area (Å²) in [5.74, 6) is 0. The van der Waals surface area contributed by atoms with E-state index in [1.54, 1.807) is 19.1 Å². The fourth-order valence-electron chi connectivity index (χ4n) is 1.30. The molecule has 0 amide bonds. The first-order valence-electron chi connectivity index (χ1n) is 4.98. The molecule has 16 heavy (non-hydrogen) atoms. The number of nitrogens with one attached hydrogen (secondary N) is 1. The topological polar surface area (TPSA) is 87.7 Å². The Labute approximate surface area is 95.7 Å². The zero-order chi connectivity index (χ0) is 12.6. The van der Waals surface area contributed by atoms with Gasteiger partial charge < -0.3 is 5.73 Å². The SMILES string of the molecule is C=C(C)/C(=C\C(C)(/C=C/N=O)CCN)NO. The Hall–Kier alpha value is -1.46. The van der Waals surface area contributed by atoms with Gasteiger partial charge in [0.25, 0.3) is 0 Å². The molecule has 0 aliphatic rings. The maximum Gasteiger partial charge on any atom is 0.0683 e. The van der Waals surface area contributed by atoms with Gasteiger partial charge >= 0.3 is 0 Å². The summed E-state index contributed by atoms with van der Waals surface area (Å²) >= 11 is 0. The third-order valence-electron chi connectivity index (χ3n) is 2.25. The Bertz CT molecular complexity index is 310. The Balaban J connectivity index is 5.10. The van der Waals surface area contributed by atoms with Gasteiger partial charge in [0, 0.05) is 5.41 Å². The third kappa shape index (κ3) is 4.86. The lowest BCUT2D eigenvalue weighted by atomic mass is 9.85. The summed E-state index contributed by atoms with van der Waals surface area (Å²) in [7, 11) is 0. The third-order valence-corrected chi connectivity index (χ3v) is 2.25. The van der Waals surface area contributed by atoms with Crippen LogP contribution < -0.4 is 11.2 Å². The molecular formula is C11H19N3O2. The lowest BCUT2D eigenvalue weighted by Crippen LogP contribution is -2.19. The number of nitroso groups, excluding NO2 is 1. The van der Waals surface area contributed by atoms with Crippen molar-refractivity contribution in [2.75, 3.05) is 6.54 Å². The summed E-state index contributed by atoms with van der Waals surface area (Å²) in [6, 6.07) is 0. The average Bonchev–Trinajstić information content (AvgIpc) is 2.23. The van der Waals surface area contributed by atoms with E-state index in [1.807, 2.05) is 6.92 Å². The second-order valence-corrected chi connectivity index (χ2v) is 3.92. The molecule has 0 rings (SSSR count). The molecule has 0 aliphatic carbocycles. The highest BCUT2D eigenvalue weighted by atomic mass is 16.5. The lowest BCUT2D eigenvalue weighted by molar-refractivity contribution is 0.201. The van der Waals surface area contributed by atoms with Crippen LogP contribution in [0.4, 0.5) is 0 Å². The molecule has 5 nitrogen and oxygen atoms in total. The van der Waals surface area contributed by atoms with Gasteiger partial charge in [0.2, 0.25) is 0 Å². The number of hydroxylamine groups is 1. The monoisotopic (exact) mass is 225 g/mol. The number of rotatable bonds is 7. The van der Waals surface area contributed by atoms with Crippen molar-refractivity contribution in [2.45, 2.75) is 20.3 Å². The van der Waals surface area contributed by atoms with Crippen molar-refractivity contribution >= 4 is 0 Å². The molecule has 0 aromatic rings. The van der Waals surface area contributed by atoms with Crippen LogP contribution >= 0.6 is 0 Å². The predicted molar refractivity (Wildman–Crippen MR) is 64.5 cm³/mol. The number of nitrogens with two attached hydrogens (primary N) is 1. The van der Waals surface area contributed by atoms with Crippen molar-refractivity contribution in [3.05, 3.63) is 41.1 Å². The molecule has 0 spiro atoms. The largest absolute Gasteiger partial charge is 0.330 e. The van der Waals surface area contributed by atoms with Crippen LogP contribution in [0.3, 0.4) is 0 Å². The average molecular weight is 225 g/mol. The van der Waals surface area contributed by atoms with E-state index in [9.17, 15) is 4.91 Å². The smallest absolute Gasteiger partial charge is 0.0683 e. The van der Waals surface area contributed by atoms with E-state index in [0.29, 0.717) is 24.2 Å². The van der Waals surface area contributed by atoms with Gasteiger partial charge in [-0.2, -0.15) is 0 Å². The van der Waals surface area contributed by atoms with E-state index < -0.39 is 5.41 Å². The Morgan fingerprint density at radius 2 is 2.31 bits per heavy atom. The van der Waals surface area contributed by atoms with Crippen LogP contribution in [-0.2, 0) is 0 Å². The van der Waals surface area contributed by atoms with E-state index in [0.717, 1.165) is 0 Å². The minimum absolute atomic E-state index is 0.438. The molecule has 90 valence electrons. The Morgan fingerprint density at radius 1 is 1.69 bits per heavy atom. The highest BCUT2D eigenvalue weighted by Gasteiger charge is 2.18. The molecule has 0 aromatic carbocycles. The molecule has 0 saturated heterocycles. The van der Waals surface area contributed by atoms with Crippen molar-refractivity contribution in [1.82, 2.24) is 5.48 Å². The maximum atomic E-state index is 10.1. The Morgan fingerprint density at radius 3 is 2.69 bits per heavy atom. The van der Waals surface area contributed by atoms with E-state index in [-0.39, 0.29) is 0 Å². The highest BCUT2D eigenvalue weighted by Crippen LogP contribution is 2.27. The molecule has 1 unspecified atom stereocenters. The van der Waals surface area contributed by atoms with E-state index >= 15 is 0 Å². The van der Waals surface area contributed by atoms with Gasteiger partial charge in [-0.3, -0.25) is 10.7 Å². The van der Waals surface area contributed by atoms with Gasteiger partial charge in [0.05, 0.1) is 11.9 Å². The predicted octanol–water partition coefficient (Wildman–Crippen LogP) is 2.06. The van der Waals surface area contributed by atoms with Crippen molar-refractivity contribution in [2.24, 2.45) is 16.3 Å². The fraction of sp³-hybridized carbons (Fsp3) is 0.455. The summed E-state index contributed by atoms with van der Waals surface area (Å²) < 4.78 is 0. The van der Waals surface area contributed by atoms with Crippen LogP contribution in [0.15, 0.2) is 41.4 Å². The highest BCUT2D eigenvalue weighted by molar-refractivity contribution is 5.27. The molecule has 1 atom stereocenters. The summed E-state index contributed by atoms with van der Waals surface area (Å²) in [5, 5.41) is 11.6. The van der Waals surface area contributed by atoms with Crippen LogP contribution in [0.1, 0.15) is 20.3 Å². The minimum Gasteiger partial charge on any atom is -0.330 e. The Kier molecular flexibility index (Phi) is 6.29. The molecular weight excluding hydrogens is 206 g/mol. The van der Waals surface area contributed by atoms with E-state index in [4.69, 9.17) is 10.9 Å². The van der Waals surface area contributed by atoms with Crippen molar-refractivity contribution in [1.29, 1.82) is 0 Å². The van der Waals surface area contributed by atoms with Crippen LogP contribution in [0, 0.1) is 10.3 Å². The van der Waals surface area contributed by atoms with Crippen LogP contribution in [0.2, 0.25) is 0 Å². The summed E-state index contributed by atoms with van der Waals surface area (Å²) in [6.07, 6.45) is 5.23. The first-order valence-corrected chi connectivity index (χ1v) is 4.98. The zero-order valence-electron chi connectivity index (χ0n) is 9.73. The molecule has 0 heterocycles. The fourth-order valence-corrected chi connectivity index (χ4v) is 1.30. The minimum atomic E-state index is -0.438. The normalized spacial score (nSPS) is 15.9. The number of allylic oxidation sites excluding steroid dienone is 3. The molecule has 0 radical (unpaired) electrons. The molecule has 0 aromatic heterocycles. The van der Waals surface area contributed by atoms with Crippen LogP contribution in [-0.4, -0.2) is 11.8 Å². The van der Waals surface area contributed by atoms with Gasteiger partial charge in [-0.05, 0) is 36.7 Å². The quantitative estimate of drug-likeness (QED) is 0.351. The van der Waals surface area contributed by atoms with Gasteiger partial charge in [0.15, 0.2) is 0 Å². The van der Waals surface area contributed by atoms with Crippen LogP contribution in [0.25, 0.3) is 0 Å². The van der Waals surface area contributed by atoms with Gasteiger partial charge in [-0.25, -0.2) is 0 Å². The summed E-state index contributed by atoms with van der Waals surface area (Å²) in [6.45, 7) is 7.84. The number of nitrogens with zero attached hydrogens (tertiary/aromatic N) is 1. The second-order valence-electron chi connectivity index (χ2n) is 3.92. The van der Waals surface area contributed by atoms with Crippen LogP contribution in [0.5, 0.6) is 0 Å². The molecule has 0 bridgehead atoms. The molecule has 0 saturated carbocycles. The molecule has 0 aliphatic heterocycles. The lowest BCUT2D eigenvalue weighted by Gasteiger charge is -2.22. The zero-order valence-corrected chi connectivity index (χ0v) is 9.73. The number of hydrogen-bond acceptors (Lipinski definition) is 5. The first-order chi connectivity index (χ1) is 7.49. The summed E-state index contributed by atoms with van der Waals surface area (Å²) in [5.41, 5.74) is 8.33. The first kappa shape index (κ1) is 14.5. The van der Waals surface area contributed by atoms with Gasteiger partial charge in [0.1, 0.15) is 0 Å². The van der Waals surface area contributed by atoms with E-state index in [1.165, 1.54) is 6.20 Å². The number of hydrogen-bond donors (Lipinski definition) is 3. The standard InChI is InChI=1S/C11H19N3O2/c1-9(2)10(14-16)8-11(3,4-6-12)5-7-13-15/h5,7-8,14,16H,1,4,6,12H2,2-3H3/b7-5+,10-8+. The molecule has 4 N–H and O–H groups in total. The van der Waals surface area contributed by atoms with Gasteiger partial charge in [-0.15, -0.1) is 4.91 Å². The second kappa shape index (κ2) is 6.92. The van der Waals surface area contributed by atoms with Crippen molar-refractivity contribution < 1.29 is 5.21 Å². The maximum absolute atomic E-state index is 10.1. The molecule has 0 fully saturated rings. The summed E-state index contributed by atoms with van der Waals surface area (Å²) in [4.78, 5) is 10.1. The molecule has 5 heteroatoms. The van der Waals surface area contributed by atoms with Gasteiger partial charge in [-0.1, -0.05) is 19.6 Å². The van der Waals surface area contributed by atoms with Crippen molar-refractivity contribution in [3.63, 3.8) is 0 Å².